The van der Waals surface area contributed by atoms with Crippen LogP contribution in [0.15, 0.2) is 30.3 Å². The van der Waals surface area contributed by atoms with E-state index in [2.05, 4.69) is 15.5 Å². The molecule has 0 radical (unpaired) electrons. The lowest BCUT2D eigenvalue weighted by Crippen LogP contribution is -2.58. The Morgan fingerprint density at radius 3 is 2.62 bits per heavy atom. The molecule has 2 bridgehead atoms. The molecule has 202 valence electrons. The number of amides is 3. The van der Waals surface area contributed by atoms with Gasteiger partial charge >= 0.3 is 0 Å². The SMILES string of the molecule is CC[C@@H](CO)N1C(=O)[C@@H]2[C@H](C(=O)NCc3ccccc3)[C@@H]3CCC2(O3)C1C(=O)NCCN1CCOCC1. The predicted molar refractivity (Wildman–Crippen MR) is 134 cm³/mol. The standard InChI is InChI=1S/C27H38N4O6/c1-2-19(17-32)31-23(25(34)28-10-11-30-12-14-36-15-13-30)27-9-8-20(37-27)21(22(27)26(31)35)24(33)29-16-18-6-4-3-5-7-18/h3-7,19-23,32H,2,8-17H2,1H3,(H,28,34)(H,29,33)/t19-,20-,21+,22-,23?,27?/m0/s1. The minimum absolute atomic E-state index is 0.223. The van der Waals surface area contributed by atoms with Crippen molar-refractivity contribution in [2.24, 2.45) is 11.8 Å². The zero-order chi connectivity index (χ0) is 26.0. The Labute approximate surface area is 217 Å². The topological polar surface area (TPSA) is 120 Å². The molecule has 10 heteroatoms. The van der Waals surface area contributed by atoms with Crippen molar-refractivity contribution in [3.63, 3.8) is 0 Å². The molecule has 37 heavy (non-hydrogen) atoms. The van der Waals surface area contributed by atoms with Gasteiger partial charge in [-0.2, -0.15) is 0 Å². The summed E-state index contributed by atoms with van der Waals surface area (Å²) in [5.74, 6) is -2.16. The van der Waals surface area contributed by atoms with Crippen molar-refractivity contribution in [3.8, 4) is 0 Å². The lowest BCUT2D eigenvalue weighted by molar-refractivity contribution is -0.145. The van der Waals surface area contributed by atoms with Gasteiger partial charge in [0.05, 0.1) is 43.8 Å². The number of benzene rings is 1. The first-order valence-corrected chi connectivity index (χ1v) is 13.5. The van der Waals surface area contributed by atoms with Crippen LogP contribution in [0, 0.1) is 11.8 Å². The summed E-state index contributed by atoms with van der Waals surface area (Å²) in [4.78, 5) is 44.7. The van der Waals surface area contributed by atoms with E-state index < -0.39 is 35.6 Å². The molecule has 4 aliphatic rings. The Hall–Kier alpha value is -2.53. The number of rotatable bonds is 10. The van der Waals surface area contributed by atoms with E-state index in [1.165, 1.54) is 4.90 Å². The van der Waals surface area contributed by atoms with Crippen LogP contribution in [0.3, 0.4) is 0 Å². The predicted octanol–water partition coefficient (Wildman–Crippen LogP) is -0.103. The van der Waals surface area contributed by atoms with Crippen LogP contribution in [-0.4, -0.2) is 102 Å². The normalized spacial score (nSPS) is 31.8. The molecule has 1 aromatic carbocycles. The van der Waals surface area contributed by atoms with Gasteiger partial charge in [-0.25, -0.2) is 0 Å². The number of morpholine rings is 1. The zero-order valence-corrected chi connectivity index (χ0v) is 21.4. The molecule has 10 nitrogen and oxygen atoms in total. The van der Waals surface area contributed by atoms with Crippen LogP contribution in [-0.2, 0) is 30.4 Å². The molecule has 4 aliphatic heterocycles. The summed E-state index contributed by atoms with van der Waals surface area (Å²) in [6, 6.07) is 8.23. The smallest absolute Gasteiger partial charge is 0.245 e. The van der Waals surface area contributed by atoms with Crippen molar-refractivity contribution >= 4 is 17.7 Å². The molecule has 1 spiro atoms. The first-order chi connectivity index (χ1) is 18.0. The molecule has 4 saturated heterocycles. The number of fused-ring (bicyclic) bond motifs is 1. The average molecular weight is 515 g/mol. The van der Waals surface area contributed by atoms with Crippen molar-refractivity contribution in [2.45, 2.75) is 56.5 Å². The van der Waals surface area contributed by atoms with Gasteiger partial charge in [0.25, 0.3) is 0 Å². The summed E-state index contributed by atoms with van der Waals surface area (Å²) in [5, 5.41) is 16.1. The highest BCUT2D eigenvalue weighted by Gasteiger charge is 2.74. The van der Waals surface area contributed by atoms with Gasteiger partial charge in [0.1, 0.15) is 11.6 Å². The molecular formula is C27H38N4O6. The summed E-state index contributed by atoms with van der Waals surface area (Å²) in [5.41, 5.74) is -0.0832. The van der Waals surface area contributed by atoms with Crippen molar-refractivity contribution in [1.29, 1.82) is 0 Å². The molecule has 3 amide bonds. The minimum atomic E-state index is -1.05. The van der Waals surface area contributed by atoms with Gasteiger partial charge in [-0.05, 0) is 24.8 Å². The van der Waals surface area contributed by atoms with Crippen molar-refractivity contribution in [2.75, 3.05) is 46.0 Å². The number of hydrogen-bond acceptors (Lipinski definition) is 7. The number of carbonyl (C=O) groups excluding carboxylic acids is 3. The lowest BCUT2D eigenvalue weighted by Gasteiger charge is -2.36. The maximum Gasteiger partial charge on any atom is 0.245 e. The molecule has 6 atom stereocenters. The third-order valence-electron chi connectivity index (χ3n) is 8.51. The van der Waals surface area contributed by atoms with E-state index in [-0.39, 0.29) is 24.3 Å². The van der Waals surface area contributed by atoms with E-state index in [4.69, 9.17) is 9.47 Å². The van der Waals surface area contributed by atoms with Gasteiger partial charge < -0.3 is 30.1 Å². The summed E-state index contributed by atoms with van der Waals surface area (Å²) in [7, 11) is 0. The van der Waals surface area contributed by atoms with Crippen LogP contribution >= 0.6 is 0 Å². The Morgan fingerprint density at radius 1 is 1.16 bits per heavy atom. The highest BCUT2D eigenvalue weighted by molar-refractivity contribution is 5.99. The molecular weight excluding hydrogens is 476 g/mol. The molecule has 4 fully saturated rings. The minimum Gasteiger partial charge on any atom is -0.394 e. The van der Waals surface area contributed by atoms with Gasteiger partial charge in [-0.15, -0.1) is 0 Å². The van der Waals surface area contributed by atoms with Crippen molar-refractivity contribution in [1.82, 2.24) is 20.4 Å². The van der Waals surface area contributed by atoms with Crippen LogP contribution < -0.4 is 10.6 Å². The third-order valence-corrected chi connectivity index (χ3v) is 8.51. The monoisotopic (exact) mass is 514 g/mol. The van der Waals surface area contributed by atoms with E-state index in [1.807, 2.05) is 37.3 Å². The fourth-order valence-corrected chi connectivity index (χ4v) is 6.66. The Kier molecular flexibility index (Phi) is 7.80. The second-order valence-corrected chi connectivity index (χ2v) is 10.5. The number of hydrogen-bond donors (Lipinski definition) is 3. The fourth-order valence-electron chi connectivity index (χ4n) is 6.66. The van der Waals surface area contributed by atoms with E-state index in [0.717, 1.165) is 18.7 Å². The highest BCUT2D eigenvalue weighted by atomic mass is 16.5. The van der Waals surface area contributed by atoms with Gasteiger partial charge in [0.2, 0.25) is 17.7 Å². The fraction of sp³-hybridized carbons (Fsp3) is 0.667. The number of ether oxygens (including phenoxy) is 2. The molecule has 0 aromatic heterocycles. The van der Waals surface area contributed by atoms with E-state index >= 15 is 0 Å². The average Bonchev–Trinajstić information content (AvgIpc) is 3.57. The van der Waals surface area contributed by atoms with Gasteiger partial charge in [0, 0.05) is 32.7 Å². The van der Waals surface area contributed by atoms with E-state index in [0.29, 0.717) is 52.1 Å². The molecule has 4 heterocycles. The number of aliphatic hydroxyl groups excluding tert-OH is 1. The Morgan fingerprint density at radius 2 is 1.92 bits per heavy atom. The lowest BCUT2D eigenvalue weighted by atomic mass is 9.70. The first kappa shape index (κ1) is 26.1. The third kappa shape index (κ3) is 4.76. The Balaban J connectivity index is 1.34. The van der Waals surface area contributed by atoms with E-state index in [1.54, 1.807) is 0 Å². The second-order valence-electron chi connectivity index (χ2n) is 10.5. The summed E-state index contributed by atoms with van der Waals surface area (Å²) < 4.78 is 11.8. The van der Waals surface area contributed by atoms with Gasteiger partial charge in [-0.3, -0.25) is 19.3 Å². The zero-order valence-electron chi connectivity index (χ0n) is 21.4. The van der Waals surface area contributed by atoms with Crippen LogP contribution in [0.4, 0.5) is 0 Å². The van der Waals surface area contributed by atoms with Gasteiger partial charge in [0.15, 0.2) is 0 Å². The van der Waals surface area contributed by atoms with E-state index in [9.17, 15) is 19.5 Å². The number of nitrogens with one attached hydrogen (secondary N) is 2. The summed E-state index contributed by atoms with van der Waals surface area (Å²) in [6.45, 7) is 6.14. The first-order valence-electron chi connectivity index (χ1n) is 13.5. The largest absolute Gasteiger partial charge is 0.394 e. The summed E-state index contributed by atoms with van der Waals surface area (Å²) in [6.07, 6.45) is 1.26. The van der Waals surface area contributed by atoms with Crippen LogP contribution in [0.2, 0.25) is 0 Å². The molecule has 0 aliphatic carbocycles. The van der Waals surface area contributed by atoms with Crippen molar-refractivity contribution < 1.29 is 29.0 Å². The maximum atomic E-state index is 13.9. The van der Waals surface area contributed by atoms with Crippen molar-refractivity contribution in [3.05, 3.63) is 35.9 Å². The number of nitrogens with zero attached hydrogens (tertiary/aromatic N) is 2. The second kappa shape index (κ2) is 11.1. The number of aliphatic hydroxyl groups is 1. The molecule has 1 aromatic rings. The molecule has 3 N–H and O–H groups in total. The molecule has 5 rings (SSSR count). The highest BCUT2D eigenvalue weighted by Crippen LogP contribution is 2.58. The number of likely N-dealkylation sites (tertiary alicyclic amines) is 1. The molecule has 2 unspecified atom stereocenters. The van der Waals surface area contributed by atoms with Crippen LogP contribution in [0.25, 0.3) is 0 Å². The Bertz CT molecular complexity index is 982. The van der Waals surface area contributed by atoms with Gasteiger partial charge in [-0.1, -0.05) is 37.3 Å². The quantitative estimate of drug-likeness (QED) is 0.399. The van der Waals surface area contributed by atoms with Crippen LogP contribution in [0.5, 0.6) is 0 Å². The number of carbonyl (C=O) groups is 3. The molecule has 0 saturated carbocycles. The summed E-state index contributed by atoms with van der Waals surface area (Å²) >= 11 is 0. The van der Waals surface area contributed by atoms with Crippen LogP contribution in [0.1, 0.15) is 31.7 Å². The maximum absolute atomic E-state index is 13.9.